The minimum atomic E-state index is -0.0676. The Morgan fingerprint density at radius 1 is 1.33 bits per heavy atom. The van der Waals surface area contributed by atoms with Gasteiger partial charge in [0.1, 0.15) is 0 Å². The minimum Gasteiger partial charge on any atom is -0.350 e. The maximum atomic E-state index is 12.4. The van der Waals surface area contributed by atoms with E-state index in [-0.39, 0.29) is 5.91 Å². The molecule has 2 aliphatic rings. The van der Waals surface area contributed by atoms with Gasteiger partial charge >= 0.3 is 0 Å². The van der Waals surface area contributed by atoms with Crippen LogP contribution in [-0.4, -0.2) is 46.7 Å². The Balaban J connectivity index is 1.36. The number of aromatic amines is 1. The summed E-state index contributed by atoms with van der Waals surface area (Å²) in [6.45, 7) is 3.23. The van der Waals surface area contributed by atoms with Crippen LogP contribution >= 0.6 is 11.3 Å². The molecule has 24 heavy (non-hydrogen) atoms. The quantitative estimate of drug-likeness (QED) is 0.896. The maximum Gasteiger partial charge on any atom is 0.271 e. The lowest BCUT2D eigenvalue weighted by molar-refractivity contribution is 0.0575. The molecule has 1 amide bonds. The number of nitrogens with one attached hydrogen (secondary N) is 2. The van der Waals surface area contributed by atoms with E-state index in [1.807, 2.05) is 23.6 Å². The van der Waals surface area contributed by atoms with Crippen molar-refractivity contribution in [1.82, 2.24) is 20.4 Å². The molecule has 4 heterocycles. The molecule has 0 radical (unpaired) electrons. The Hall–Kier alpha value is -1.66. The van der Waals surface area contributed by atoms with Crippen LogP contribution < -0.4 is 5.32 Å². The summed E-state index contributed by atoms with van der Waals surface area (Å²) >= 11 is 1.64. The monoisotopic (exact) mass is 344 g/mol. The number of fused-ring (bicyclic) bond motifs is 1. The Kier molecular flexibility index (Phi) is 4.67. The summed E-state index contributed by atoms with van der Waals surface area (Å²) in [7, 11) is 0. The summed E-state index contributed by atoms with van der Waals surface area (Å²) in [5.41, 5.74) is 1.39. The largest absolute Gasteiger partial charge is 0.350 e. The van der Waals surface area contributed by atoms with Crippen LogP contribution in [0, 0.1) is 5.92 Å². The van der Waals surface area contributed by atoms with Crippen LogP contribution in [0.3, 0.4) is 0 Å². The fraction of sp³-hybridized carbons (Fsp3) is 0.556. The van der Waals surface area contributed by atoms with Crippen molar-refractivity contribution in [3.05, 3.63) is 29.3 Å². The third kappa shape index (κ3) is 3.26. The summed E-state index contributed by atoms with van der Waals surface area (Å²) in [5, 5.41) is 12.3. The Bertz CT molecular complexity index is 679. The molecular formula is C18H24N4OS. The third-order valence-corrected chi connectivity index (χ3v) is 6.25. The highest BCUT2D eigenvalue weighted by molar-refractivity contribution is 7.13. The summed E-state index contributed by atoms with van der Waals surface area (Å²) in [6, 6.07) is 6.53. The summed E-state index contributed by atoms with van der Waals surface area (Å²) in [5.74, 6) is 0.515. The lowest BCUT2D eigenvalue weighted by atomic mass is 9.83. The lowest BCUT2D eigenvalue weighted by Crippen LogP contribution is -2.51. The van der Waals surface area contributed by atoms with Crippen molar-refractivity contribution in [2.75, 3.05) is 19.6 Å². The van der Waals surface area contributed by atoms with Gasteiger partial charge in [-0.2, -0.15) is 5.10 Å². The summed E-state index contributed by atoms with van der Waals surface area (Å²) < 4.78 is 0. The molecule has 2 N–H and O–H groups in total. The zero-order valence-electron chi connectivity index (χ0n) is 13.8. The van der Waals surface area contributed by atoms with Crippen LogP contribution in [0.4, 0.5) is 0 Å². The van der Waals surface area contributed by atoms with E-state index in [1.165, 1.54) is 45.2 Å². The second-order valence-electron chi connectivity index (χ2n) is 6.86. The predicted molar refractivity (Wildman–Crippen MR) is 96.2 cm³/mol. The second-order valence-corrected chi connectivity index (χ2v) is 7.80. The van der Waals surface area contributed by atoms with Crippen molar-refractivity contribution in [3.8, 4) is 10.6 Å². The first-order chi connectivity index (χ1) is 11.8. The van der Waals surface area contributed by atoms with Crippen LogP contribution in [0.2, 0.25) is 0 Å². The van der Waals surface area contributed by atoms with Gasteiger partial charge in [0.15, 0.2) is 5.69 Å². The van der Waals surface area contributed by atoms with E-state index in [0.29, 0.717) is 17.7 Å². The molecular weight excluding hydrogens is 320 g/mol. The van der Waals surface area contributed by atoms with Gasteiger partial charge in [-0.3, -0.25) is 9.89 Å². The summed E-state index contributed by atoms with van der Waals surface area (Å²) in [4.78, 5) is 16.2. The molecule has 6 heteroatoms. The van der Waals surface area contributed by atoms with E-state index in [2.05, 4.69) is 20.4 Å². The third-order valence-electron chi connectivity index (χ3n) is 5.35. The second kappa shape index (κ2) is 7.07. The van der Waals surface area contributed by atoms with Gasteiger partial charge < -0.3 is 10.2 Å². The number of H-pyrrole nitrogens is 1. The predicted octanol–water partition coefficient (Wildman–Crippen LogP) is 3.13. The number of aromatic nitrogens is 2. The molecule has 0 saturated carbocycles. The van der Waals surface area contributed by atoms with Crippen molar-refractivity contribution in [3.63, 3.8) is 0 Å². The van der Waals surface area contributed by atoms with Crippen molar-refractivity contribution in [1.29, 1.82) is 0 Å². The fourth-order valence-corrected chi connectivity index (χ4v) is 4.82. The molecule has 2 fully saturated rings. The van der Waals surface area contributed by atoms with Gasteiger partial charge in [0.2, 0.25) is 0 Å². The lowest BCUT2D eigenvalue weighted by Gasteiger charge is -2.44. The number of thiophene rings is 1. The molecule has 4 rings (SSSR count). The van der Waals surface area contributed by atoms with E-state index in [1.54, 1.807) is 11.3 Å². The van der Waals surface area contributed by atoms with E-state index in [9.17, 15) is 4.79 Å². The summed E-state index contributed by atoms with van der Waals surface area (Å²) in [6.07, 6.45) is 6.42. The number of rotatable bonds is 4. The molecule has 0 spiro atoms. The van der Waals surface area contributed by atoms with Gasteiger partial charge in [-0.1, -0.05) is 12.5 Å². The molecule has 0 unspecified atom stereocenters. The molecule has 0 bridgehead atoms. The number of carbonyl (C=O) groups excluding carboxylic acids is 1. The van der Waals surface area contributed by atoms with Gasteiger partial charge in [-0.05, 0) is 62.2 Å². The van der Waals surface area contributed by atoms with E-state index >= 15 is 0 Å². The Morgan fingerprint density at radius 3 is 3.12 bits per heavy atom. The van der Waals surface area contributed by atoms with Gasteiger partial charge in [-0.15, -0.1) is 11.3 Å². The van der Waals surface area contributed by atoms with Crippen molar-refractivity contribution < 1.29 is 4.79 Å². The highest BCUT2D eigenvalue weighted by Crippen LogP contribution is 2.30. The number of carbonyl (C=O) groups is 1. The number of piperidine rings is 2. The average Bonchev–Trinajstić information content (AvgIpc) is 3.30. The first-order valence-electron chi connectivity index (χ1n) is 8.93. The van der Waals surface area contributed by atoms with Gasteiger partial charge in [0.05, 0.1) is 10.6 Å². The van der Waals surface area contributed by atoms with Crippen molar-refractivity contribution in [2.24, 2.45) is 5.92 Å². The van der Waals surface area contributed by atoms with Crippen LogP contribution in [0.1, 0.15) is 42.6 Å². The zero-order chi connectivity index (χ0) is 16.4. The van der Waals surface area contributed by atoms with E-state index in [4.69, 9.17) is 0 Å². The average molecular weight is 344 g/mol. The van der Waals surface area contributed by atoms with E-state index < -0.39 is 0 Å². The fourth-order valence-electron chi connectivity index (χ4n) is 4.13. The molecule has 2 atom stereocenters. The first kappa shape index (κ1) is 15.8. The number of hydrogen-bond donors (Lipinski definition) is 2. The standard InChI is InChI=1S/C18H24N4OS/c23-18(15-11-14(20-21-15)17-7-4-10-24-17)19-12-13-5-3-9-22-8-2-1-6-16(13)22/h4,7,10-11,13,16H,1-3,5-6,8-9,12H2,(H,19,23)(H,20,21)/t13-,16-/m0/s1. The van der Waals surface area contributed by atoms with Crippen LogP contribution in [0.15, 0.2) is 23.6 Å². The highest BCUT2D eigenvalue weighted by Gasteiger charge is 2.33. The molecule has 2 aromatic heterocycles. The van der Waals surface area contributed by atoms with E-state index in [0.717, 1.165) is 17.1 Å². The molecule has 5 nitrogen and oxygen atoms in total. The van der Waals surface area contributed by atoms with Crippen LogP contribution in [0.5, 0.6) is 0 Å². The minimum absolute atomic E-state index is 0.0676. The van der Waals surface area contributed by atoms with Crippen molar-refractivity contribution >= 4 is 17.2 Å². The normalized spacial score (nSPS) is 24.5. The first-order valence-corrected chi connectivity index (χ1v) is 9.81. The molecule has 2 saturated heterocycles. The topological polar surface area (TPSA) is 61.0 Å². The van der Waals surface area contributed by atoms with Crippen LogP contribution in [0.25, 0.3) is 10.6 Å². The van der Waals surface area contributed by atoms with Gasteiger partial charge in [0.25, 0.3) is 5.91 Å². The van der Waals surface area contributed by atoms with Gasteiger partial charge in [0, 0.05) is 12.6 Å². The zero-order valence-corrected chi connectivity index (χ0v) is 14.6. The number of amides is 1. The molecule has 128 valence electrons. The molecule has 2 aliphatic heterocycles. The molecule has 0 aromatic carbocycles. The number of hydrogen-bond acceptors (Lipinski definition) is 4. The van der Waals surface area contributed by atoms with Crippen molar-refractivity contribution in [2.45, 2.75) is 38.1 Å². The smallest absolute Gasteiger partial charge is 0.271 e. The molecule has 2 aromatic rings. The SMILES string of the molecule is O=C(NC[C@@H]1CCCN2CCCC[C@@H]12)c1cc(-c2cccs2)[nH]n1. The number of nitrogens with zero attached hydrogens (tertiary/aromatic N) is 2. The molecule has 0 aliphatic carbocycles. The Labute approximate surface area is 146 Å². The highest BCUT2D eigenvalue weighted by atomic mass is 32.1. The Morgan fingerprint density at radius 2 is 2.25 bits per heavy atom. The maximum absolute atomic E-state index is 12.4. The van der Waals surface area contributed by atoms with Gasteiger partial charge in [-0.25, -0.2) is 0 Å². The van der Waals surface area contributed by atoms with Crippen LogP contribution in [-0.2, 0) is 0 Å².